The van der Waals surface area contributed by atoms with E-state index in [9.17, 15) is 105 Å². The molecule has 0 radical (unpaired) electrons. The van der Waals surface area contributed by atoms with Gasteiger partial charge in [0.15, 0.2) is 48.6 Å². The molecule has 6 saturated heterocycles. The molecule has 10 aliphatic rings. The molecule has 25 nitrogen and oxygen atoms in total. The lowest BCUT2D eigenvalue weighted by molar-refractivity contribution is -0.315. The molecule has 1 N–H and O–H groups in total. The number of carboxylic acid groups (broad SMARTS) is 1. The zero-order valence-corrected chi connectivity index (χ0v) is 52.0. The average Bonchev–Trinajstić information content (AvgIpc) is 1.58. The lowest BCUT2D eigenvalue weighted by Gasteiger charge is -2.36. The van der Waals surface area contributed by atoms with Gasteiger partial charge in [-0.05, 0) is 86.0 Å². The van der Waals surface area contributed by atoms with Crippen LogP contribution in [-0.2, 0) is 114 Å². The van der Waals surface area contributed by atoms with Crippen LogP contribution in [0.3, 0.4) is 0 Å². The monoisotopic (exact) mass is 1410 g/mol. The van der Waals surface area contributed by atoms with Gasteiger partial charge in [0.1, 0.15) is 29.6 Å². The first-order chi connectivity index (χ1) is 44.3. The number of aliphatic carboxylic acids is 1. The Morgan fingerprint density at radius 2 is 0.823 bits per heavy atom. The van der Waals surface area contributed by atoms with Gasteiger partial charge in [0.05, 0.1) is 30.3 Å². The lowest BCUT2D eigenvalue weighted by atomic mass is 9.85. The van der Waals surface area contributed by atoms with Crippen LogP contribution in [0.1, 0.15) is 137 Å². The Bertz CT molecular complexity index is 2880. The van der Waals surface area contributed by atoms with Crippen molar-refractivity contribution >= 4 is 65.1 Å². The van der Waals surface area contributed by atoms with Crippen molar-refractivity contribution in [1.82, 2.24) is 0 Å². The predicted molar refractivity (Wildman–Crippen MR) is 286 cm³/mol. The van der Waals surface area contributed by atoms with Gasteiger partial charge in [-0.3, -0.25) is 33.6 Å². The highest BCUT2D eigenvalue weighted by molar-refractivity contribution is 5.91. The molecule has 0 bridgehead atoms. The number of ketones is 3. The minimum Gasteiger partial charge on any atom is -0.481 e. The fraction of sp³-hybridized carbons (Fsp3) is 0.746. The van der Waals surface area contributed by atoms with E-state index in [1.54, 1.807) is 20.8 Å². The second-order valence-electron chi connectivity index (χ2n) is 24.3. The smallest absolute Gasteiger partial charge is 0.434 e. The van der Waals surface area contributed by atoms with Gasteiger partial charge in [0.25, 0.3) is 12.2 Å². The van der Waals surface area contributed by atoms with Crippen LogP contribution in [0.5, 0.6) is 0 Å². The maximum atomic E-state index is 12.7. The molecule has 0 aromatic rings. The minimum atomic E-state index is -5.80. The lowest BCUT2D eigenvalue weighted by Crippen LogP contribution is -2.47. The van der Waals surface area contributed by atoms with Crippen LogP contribution in [0.2, 0.25) is 0 Å². The van der Waals surface area contributed by atoms with E-state index in [1.165, 1.54) is 13.8 Å². The summed E-state index contributed by atoms with van der Waals surface area (Å²) in [4.78, 5) is 124. The number of carbonyl (C=O) groups excluding carboxylic acids is 10. The zero-order chi connectivity index (χ0) is 72.0. The van der Waals surface area contributed by atoms with Crippen molar-refractivity contribution in [2.24, 2.45) is 23.7 Å². The van der Waals surface area contributed by atoms with Crippen LogP contribution in [0, 0.1) is 23.7 Å². The Labute approximate surface area is 538 Å². The highest BCUT2D eigenvalue weighted by Crippen LogP contribution is 2.50. The first kappa shape index (κ1) is 78.2. The third-order valence-corrected chi connectivity index (χ3v) is 16.3. The largest absolute Gasteiger partial charge is 0.481 e. The van der Waals surface area contributed by atoms with Crippen LogP contribution < -0.4 is 0 Å². The fourth-order valence-electron chi connectivity index (χ4n) is 11.3. The van der Waals surface area contributed by atoms with Gasteiger partial charge in [-0.2, -0.15) is 52.7 Å². The zero-order valence-electron chi connectivity index (χ0n) is 52.0. The average molecular weight is 1410 g/mol. The number of hydrogen-bond acceptors (Lipinski definition) is 24. The summed E-state index contributed by atoms with van der Waals surface area (Å²) in [6.07, 6.45) is -36.5. The summed E-state index contributed by atoms with van der Waals surface area (Å²) in [6, 6.07) is 0. The molecule has 1 spiro atoms. The Kier molecular flexibility index (Phi) is 25.5. The number of rotatable bonds is 11. The van der Waals surface area contributed by atoms with Crippen LogP contribution in [0.4, 0.5) is 52.7 Å². The quantitative estimate of drug-likeness (QED) is 0.0897. The fourth-order valence-corrected chi connectivity index (χ4v) is 11.3. The summed E-state index contributed by atoms with van der Waals surface area (Å²) in [5.41, 5.74) is 0.256. The van der Waals surface area contributed by atoms with Crippen molar-refractivity contribution < 1.29 is 172 Å². The number of hydrogen-bond donors (Lipinski definition) is 1. The molecule has 0 amide bonds. The molecule has 10 fully saturated rings. The molecule has 37 heteroatoms. The number of ether oxygens (including phenoxy) is 13. The molecule has 4 saturated carbocycles. The molecule has 10 atom stereocenters. The van der Waals surface area contributed by atoms with Gasteiger partial charge in [0.2, 0.25) is 12.2 Å². The van der Waals surface area contributed by atoms with E-state index in [1.807, 2.05) is 0 Å². The number of carbonyl (C=O) groups is 11. The second-order valence-corrected chi connectivity index (χ2v) is 24.3. The van der Waals surface area contributed by atoms with Crippen molar-refractivity contribution in [2.45, 2.75) is 247 Å². The van der Waals surface area contributed by atoms with E-state index >= 15 is 0 Å². The standard InChI is InChI=1S/C20H20F6O9.C13H16O7.C10H10F6O3.C9H14O3.C7H10O3/c1-7(2)13(27)31-11-9-10(30-15(11)29)12-16(32-9)35-18(34-12)5-3-8(4-6-18)14(28)33-17(19(21,22)23)20(24,25)26;1-5(2)10(14)17-8-6-7(16-11(8)15)9-12(18-6)20-13(3,4)19-9;11-9(12,13)8(10(14,15)16)19-7(18)5-1-3-6(17)4-2-5;1-2-12-9(11)7-3-5-8(10)6-4-7;8-6-3-1-5(2-4-6)7(9)10/h8-12,16-17H,1,3-6H2,2H3;6-9,12H,1H2,2-4H3;5,8H,1-4H2;7H,2-6H2,1H3;5H,1-4H2,(H,9,10)/t8?,9-,10-,11-,12+,16+,18?;6-,7-,8-,9+,12+;;;/m00.../s1. The van der Waals surface area contributed by atoms with E-state index in [0.29, 0.717) is 58.0 Å². The van der Waals surface area contributed by atoms with Crippen LogP contribution >= 0.6 is 0 Å². The summed E-state index contributed by atoms with van der Waals surface area (Å²) in [5.74, 6) is -11.5. The van der Waals surface area contributed by atoms with Gasteiger partial charge < -0.3 is 66.7 Å². The van der Waals surface area contributed by atoms with Crippen molar-refractivity contribution in [1.29, 1.82) is 0 Å². The number of esters is 7. The van der Waals surface area contributed by atoms with Gasteiger partial charge in [0, 0.05) is 62.5 Å². The Balaban J connectivity index is 0.000000205. The van der Waals surface area contributed by atoms with Crippen LogP contribution in [-0.4, -0.2) is 187 Å². The Morgan fingerprint density at radius 1 is 0.490 bits per heavy atom. The normalized spacial score (nSPS) is 30.2. The second kappa shape index (κ2) is 31.4. The summed E-state index contributed by atoms with van der Waals surface area (Å²) in [7, 11) is 0. The van der Waals surface area contributed by atoms with Gasteiger partial charge in [-0.15, -0.1) is 0 Å². The minimum absolute atomic E-state index is 0.0253. The van der Waals surface area contributed by atoms with E-state index in [4.69, 9.17) is 57.2 Å². The molecule has 0 aromatic carbocycles. The van der Waals surface area contributed by atoms with E-state index < -0.39 is 164 Å². The van der Waals surface area contributed by atoms with E-state index in [0.717, 1.165) is 0 Å². The molecular weight excluding hydrogens is 1340 g/mol. The van der Waals surface area contributed by atoms with Gasteiger partial charge >= 0.3 is 72.5 Å². The number of fused-ring (bicyclic) bond motifs is 6. The first-order valence-corrected chi connectivity index (χ1v) is 30.1. The molecule has 4 aliphatic carbocycles. The number of Topliss-reactive ketones (excluding diaryl/α,β-unsaturated/α-hetero) is 3. The first-order valence-electron chi connectivity index (χ1n) is 30.1. The van der Waals surface area contributed by atoms with Crippen molar-refractivity contribution in [3.8, 4) is 0 Å². The third-order valence-electron chi connectivity index (χ3n) is 16.3. The molecule has 96 heavy (non-hydrogen) atoms. The topological polar surface area (TPSA) is 328 Å². The molecular formula is C59H70F12O25. The SMILES string of the molecule is C=C(C)C(=O)O[C@@H]1C(=O)O[C@@H]2[C@H]3OC(C)(C)O[C@H]3O[C@@H]21.C=C(C)C(=O)O[C@@H]1C(=O)O[C@@H]2[C@H]3OC4(CCC(C(=O)OC(C(F)(F)F)C(F)(F)F)CC4)O[C@H]3O[C@@H]21.CCOC(=O)C1CCC(=O)CC1.O=C1CCC(C(=O)O)CC1.O=C1CCC(C(=O)OC(C(F)(F)F)C(F)(F)F)CC1. The highest BCUT2D eigenvalue weighted by atomic mass is 19.4. The highest BCUT2D eigenvalue weighted by Gasteiger charge is 2.68. The molecule has 0 unspecified atom stereocenters. The van der Waals surface area contributed by atoms with Crippen LogP contribution in [0.15, 0.2) is 24.3 Å². The number of halogens is 12. The summed E-state index contributed by atoms with van der Waals surface area (Å²) in [6.45, 7) is 15.5. The van der Waals surface area contributed by atoms with Crippen molar-refractivity contribution in [3.05, 3.63) is 24.3 Å². The molecule has 6 aliphatic heterocycles. The Morgan fingerprint density at radius 3 is 1.17 bits per heavy atom. The number of carboxylic acids is 1. The van der Waals surface area contributed by atoms with Gasteiger partial charge in [-0.25, -0.2) is 19.2 Å². The van der Waals surface area contributed by atoms with E-state index in [-0.39, 0.29) is 97.7 Å². The van der Waals surface area contributed by atoms with Crippen molar-refractivity contribution in [3.63, 3.8) is 0 Å². The maximum Gasteiger partial charge on any atom is 0.434 e. The van der Waals surface area contributed by atoms with Gasteiger partial charge in [-0.1, -0.05) is 13.2 Å². The van der Waals surface area contributed by atoms with Crippen LogP contribution in [0.25, 0.3) is 0 Å². The number of alkyl halides is 12. The maximum absolute atomic E-state index is 12.7. The molecule has 0 aromatic heterocycles. The van der Waals surface area contributed by atoms with E-state index in [2.05, 4.69) is 22.6 Å². The summed E-state index contributed by atoms with van der Waals surface area (Å²) >= 11 is 0. The van der Waals surface area contributed by atoms with Crippen molar-refractivity contribution in [2.75, 3.05) is 6.61 Å². The third kappa shape index (κ3) is 20.4. The predicted octanol–water partition coefficient (Wildman–Crippen LogP) is 7.66. The Hall–Kier alpha value is -6.83. The summed E-state index contributed by atoms with van der Waals surface area (Å²) < 4.78 is 216. The molecule has 6 heterocycles. The molecule has 10 rings (SSSR count). The molecule has 540 valence electrons. The summed E-state index contributed by atoms with van der Waals surface area (Å²) in [5, 5.41) is 8.51.